The molecule has 14 heavy (non-hydrogen) atoms. The van der Waals surface area contributed by atoms with E-state index in [1.165, 1.54) is 0 Å². The Labute approximate surface area is 83.1 Å². The fourth-order valence-electron chi connectivity index (χ4n) is 0.673. The highest BCUT2D eigenvalue weighted by Crippen LogP contribution is 1.86. The quantitative estimate of drug-likeness (QED) is 0.238. The highest BCUT2D eigenvalue weighted by Gasteiger charge is 2.02. The summed E-state index contributed by atoms with van der Waals surface area (Å²) in [6.07, 6.45) is 0.356. The maximum Gasteiger partial charge on any atom is 0.246 e. The fourth-order valence-corrected chi connectivity index (χ4v) is 0.673. The first-order valence-corrected chi connectivity index (χ1v) is 4.41. The number of rotatable bonds is 6. The van der Waals surface area contributed by atoms with E-state index >= 15 is 0 Å². The zero-order chi connectivity index (χ0) is 11.0. The van der Waals surface area contributed by atoms with Gasteiger partial charge in [0.1, 0.15) is 12.4 Å². The minimum absolute atomic E-state index is 0.0322. The Kier molecular flexibility index (Phi) is 6.47. The molecule has 1 amide bonds. The molecule has 82 valence electrons. The van der Waals surface area contributed by atoms with Gasteiger partial charge in [0, 0.05) is 13.0 Å². The standard InChI is InChI=1S/C8H17N3O3/c1-6(2)14-5-8(12)10-4-3-7(9)11-13/h6,13H,3-5H2,1-2H3,(H2,9,11)(H,10,12). The van der Waals surface area contributed by atoms with Crippen molar-refractivity contribution in [1.29, 1.82) is 0 Å². The van der Waals surface area contributed by atoms with Crippen molar-refractivity contribution < 1.29 is 14.7 Å². The van der Waals surface area contributed by atoms with E-state index in [-0.39, 0.29) is 24.5 Å². The van der Waals surface area contributed by atoms with Crippen LogP contribution in [0, 0.1) is 0 Å². The number of nitrogens with zero attached hydrogens (tertiary/aromatic N) is 1. The van der Waals surface area contributed by atoms with Gasteiger partial charge in [0.25, 0.3) is 0 Å². The zero-order valence-corrected chi connectivity index (χ0v) is 8.49. The highest BCUT2D eigenvalue weighted by molar-refractivity contribution is 5.81. The van der Waals surface area contributed by atoms with Crippen LogP contribution in [-0.2, 0) is 9.53 Å². The Morgan fingerprint density at radius 1 is 1.64 bits per heavy atom. The summed E-state index contributed by atoms with van der Waals surface area (Å²) in [5.74, 6) is -0.112. The molecule has 6 nitrogen and oxygen atoms in total. The third kappa shape index (κ3) is 7.35. The second kappa shape index (κ2) is 7.14. The minimum Gasteiger partial charge on any atom is -0.409 e. The molecule has 0 aliphatic carbocycles. The summed E-state index contributed by atoms with van der Waals surface area (Å²) < 4.78 is 5.06. The van der Waals surface area contributed by atoms with Crippen LogP contribution in [-0.4, -0.2) is 36.2 Å². The molecule has 0 heterocycles. The average molecular weight is 203 g/mol. The molecule has 0 unspecified atom stereocenters. The van der Waals surface area contributed by atoms with E-state index in [0.717, 1.165) is 0 Å². The largest absolute Gasteiger partial charge is 0.409 e. The SMILES string of the molecule is CC(C)OCC(=O)NCCC(N)=NO. The normalized spacial score (nSPS) is 11.8. The lowest BCUT2D eigenvalue weighted by Gasteiger charge is -2.07. The van der Waals surface area contributed by atoms with Crippen LogP contribution in [0.25, 0.3) is 0 Å². The van der Waals surface area contributed by atoms with Crippen molar-refractivity contribution in [3.05, 3.63) is 0 Å². The number of oxime groups is 1. The summed E-state index contributed by atoms with van der Waals surface area (Å²) in [6, 6.07) is 0. The van der Waals surface area contributed by atoms with Crippen molar-refractivity contribution in [3.8, 4) is 0 Å². The van der Waals surface area contributed by atoms with Gasteiger partial charge in [-0.15, -0.1) is 0 Å². The molecule has 0 aliphatic heterocycles. The van der Waals surface area contributed by atoms with Crippen LogP contribution in [0.4, 0.5) is 0 Å². The number of amides is 1. The maximum atomic E-state index is 11.0. The Morgan fingerprint density at radius 3 is 2.79 bits per heavy atom. The molecule has 0 aromatic carbocycles. The molecular weight excluding hydrogens is 186 g/mol. The van der Waals surface area contributed by atoms with Gasteiger partial charge in [-0.3, -0.25) is 4.79 Å². The Balaban J connectivity index is 3.45. The number of carbonyl (C=O) groups excluding carboxylic acids is 1. The minimum atomic E-state index is -0.204. The van der Waals surface area contributed by atoms with Gasteiger partial charge >= 0.3 is 0 Å². The summed E-state index contributed by atoms with van der Waals surface area (Å²) in [7, 11) is 0. The molecule has 4 N–H and O–H groups in total. The van der Waals surface area contributed by atoms with E-state index in [1.54, 1.807) is 0 Å². The Morgan fingerprint density at radius 2 is 2.29 bits per heavy atom. The van der Waals surface area contributed by atoms with Crippen molar-refractivity contribution in [3.63, 3.8) is 0 Å². The Bertz CT molecular complexity index is 204. The van der Waals surface area contributed by atoms with Crippen LogP contribution in [0.2, 0.25) is 0 Å². The van der Waals surface area contributed by atoms with Gasteiger partial charge in [-0.05, 0) is 13.8 Å². The number of nitrogens with one attached hydrogen (secondary N) is 1. The lowest BCUT2D eigenvalue weighted by molar-refractivity contribution is -0.127. The van der Waals surface area contributed by atoms with Gasteiger partial charge in [-0.25, -0.2) is 0 Å². The van der Waals surface area contributed by atoms with Crippen LogP contribution in [0.3, 0.4) is 0 Å². The first-order valence-electron chi connectivity index (χ1n) is 4.41. The van der Waals surface area contributed by atoms with E-state index in [1.807, 2.05) is 13.8 Å². The third-order valence-corrected chi connectivity index (χ3v) is 1.38. The highest BCUT2D eigenvalue weighted by atomic mass is 16.5. The second-order valence-corrected chi connectivity index (χ2v) is 3.05. The van der Waals surface area contributed by atoms with Crippen molar-refractivity contribution in [2.24, 2.45) is 10.9 Å². The number of carbonyl (C=O) groups is 1. The molecule has 0 radical (unpaired) electrons. The zero-order valence-electron chi connectivity index (χ0n) is 8.49. The number of hydrogen-bond acceptors (Lipinski definition) is 4. The molecule has 0 saturated heterocycles. The van der Waals surface area contributed by atoms with E-state index in [0.29, 0.717) is 13.0 Å². The fraction of sp³-hybridized carbons (Fsp3) is 0.750. The van der Waals surface area contributed by atoms with Gasteiger partial charge in [-0.1, -0.05) is 5.16 Å². The monoisotopic (exact) mass is 203 g/mol. The first kappa shape index (κ1) is 12.7. The topological polar surface area (TPSA) is 96.9 Å². The van der Waals surface area contributed by atoms with Crippen molar-refractivity contribution >= 4 is 11.7 Å². The smallest absolute Gasteiger partial charge is 0.246 e. The number of hydrogen-bond donors (Lipinski definition) is 3. The number of ether oxygens (including phenoxy) is 1. The molecule has 0 fully saturated rings. The molecular formula is C8H17N3O3. The van der Waals surface area contributed by atoms with Crippen LogP contribution < -0.4 is 11.1 Å². The molecule has 0 aliphatic rings. The molecule has 0 rings (SSSR count). The lowest BCUT2D eigenvalue weighted by Crippen LogP contribution is -2.31. The van der Waals surface area contributed by atoms with Crippen LogP contribution >= 0.6 is 0 Å². The van der Waals surface area contributed by atoms with E-state index in [2.05, 4.69) is 10.5 Å². The summed E-state index contributed by atoms with van der Waals surface area (Å²) >= 11 is 0. The predicted molar refractivity (Wildman–Crippen MR) is 52.1 cm³/mol. The third-order valence-electron chi connectivity index (χ3n) is 1.38. The second-order valence-electron chi connectivity index (χ2n) is 3.05. The molecule has 6 heteroatoms. The lowest BCUT2D eigenvalue weighted by atomic mass is 10.4. The maximum absolute atomic E-state index is 11.0. The molecule has 0 aromatic heterocycles. The average Bonchev–Trinajstić information content (AvgIpc) is 2.14. The summed E-state index contributed by atoms with van der Waals surface area (Å²) in [5, 5.41) is 13.5. The van der Waals surface area contributed by atoms with Crippen LogP contribution in [0.1, 0.15) is 20.3 Å². The Hall–Kier alpha value is -1.30. The van der Waals surface area contributed by atoms with Gasteiger partial charge in [-0.2, -0.15) is 0 Å². The molecule has 0 spiro atoms. The van der Waals surface area contributed by atoms with Gasteiger partial charge in [0.2, 0.25) is 5.91 Å². The molecule has 0 aromatic rings. The summed E-state index contributed by atoms with van der Waals surface area (Å²) in [4.78, 5) is 11.0. The van der Waals surface area contributed by atoms with Crippen molar-refractivity contribution in [2.45, 2.75) is 26.4 Å². The van der Waals surface area contributed by atoms with E-state index in [9.17, 15) is 4.79 Å². The predicted octanol–water partition coefficient (Wildman–Crippen LogP) is -0.336. The van der Waals surface area contributed by atoms with Crippen LogP contribution in [0.15, 0.2) is 5.16 Å². The van der Waals surface area contributed by atoms with Crippen LogP contribution in [0.5, 0.6) is 0 Å². The van der Waals surface area contributed by atoms with Crippen molar-refractivity contribution in [1.82, 2.24) is 5.32 Å². The van der Waals surface area contributed by atoms with Gasteiger partial charge in [0.05, 0.1) is 6.10 Å². The summed E-state index contributed by atoms with van der Waals surface area (Å²) in [5.41, 5.74) is 5.20. The summed E-state index contributed by atoms with van der Waals surface area (Å²) in [6.45, 7) is 4.08. The van der Waals surface area contributed by atoms with Crippen molar-refractivity contribution in [2.75, 3.05) is 13.2 Å². The van der Waals surface area contributed by atoms with Gasteiger partial charge < -0.3 is 21.0 Å². The number of nitrogens with two attached hydrogens (primary N) is 1. The first-order chi connectivity index (χ1) is 6.56. The van der Waals surface area contributed by atoms with E-state index < -0.39 is 0 Å². The number of amidine groups is 1. The molecule has 0 bridgehead atoms. The van der Waals surface area contributed by atoms with E-state index in [4.69, 9.17) is 15.7 Å². The molecule has 0 atom stereocenters. The van der Waals surface area contributed by atoms with Gasteiger partial charge in [0.15, 0.2) is 0 Å². The molecule has 0 saturated carbocycles.